The Bertz CT molecular complexity index is 84.3. The van der Waals surface area contributed by atoms with Crippen molar-refractivity contribution in [2.45, 2.75) is 6.10 Å². The van der Waals surface area contributed by atoms with Gasteiger partial charge in [0.15, 0.2) is 0 Å². The summed E-state index contributed by atoms with van der Waals surface area (Å²) in [6.07, 6.45) is 6.78. The van der Waals surface area contributed by atoms with Gasteiger partial charge in [-0.05, 0) is 0 Å². The van der Waals surface area contributed by atoms with E-state index in [4.69, 9.17) is 5.11 Å². The number of aliphatic hydroxyl groups excluding tert-OH is 1. The van der Waals surface area contributed by atoms with Crippen LogP contribution in [0.15, 0.2) is 24.3 Å². The van der Waals surface area contributed by atoms with Crippen LogP contribution in [0.5, 0.6) is 0 Å². The van der Waals surface area contributed by atoms with E-state index in [-0.39, 0.29) is 24.7 Å². The molecule has 1 radical (unpaired) electrons. The molecule has 2 heteroatoms. The molecule has 0 saturated carbocycles. The molecule has 0 fully saturated rings. The maximum atomic E-state index is 8.56. The van der Waals surface area contributed by atoms with Crippen LogP contribution in [0.2, 0.25) is 0 Å². The Balaban J connectivity index is 0.000000360. The van der Waals surface area contributed by atoms with E-state index in [1.54, 1.807) is 12.2 Å². The monoisotopic (exact) mass is 133 g/mol. The van der Waals surface area contributed by atoms with Crippen molar-refractivity contribution in [3.8, 4) is 0 Å². The van der Waals surface area contributed by atoms with Crippen molar-refractivity contribution < 1.29 is 23.7 Å². The van der Waals surface area contributed by atoms with E-state index in [1.165, 1.54) is 0 Å². The second-order valence-corrected chi connectivity index (χ2v) is 1.26. The van der Waals surface area contributed by atoms with Crippen LogP contribution in [0.25, 0.3) is 0 Å². The van der Waals surface area contributed by atoms with Gasteiger partial charge in [-0.2, -0.15) is 0 Å². The van der Waals surface area contributed by atoms with Crippen LogP contribution in [0.1, 0.15) is 0 Å². The minimum absolute atomic E-state index is 0. The average Bonchev–Trinajstić information content (AvgIpc) is 1.86. The van der Waals surface area contributed by atoms with Crippen molar-refractivity contribution in [3.63, 3.8) is 0 Å². The van der Waals surface area contributed by atoms with E-state index in [2.05, 4.69) is 0 Å². The second kappa shape index (κ2) is 3.08. The topological polar surface area (TPSA) is 20.2 Å². The summed E-state index contributed by atoms with van der Waals surface area (Å²) in [5, 5.41) is 8.56. The van der Waals surface area contributed by atoms with Crippen molar-refractivity contribution in [1.82, 2.24) is 0 Å². The van der Waals surface area contributed by atoms with Crippen LogP contribution in [0, 0.1) is 0 Å². The fraction of sp³-hybridized carbons (Fsp3) is 0.200. The minimum atomic E-state index is -0.315. The van der Waals surface area contributed by atoms with Crippen molar-refractivity contribution in [2.24, 2.45) is 0 Å². The number of rotatable bonds is 0. The number of aliphatic hydroxyl groups is 1. The van der Waals surface area contributed by atoms with Crippen LogP contribution >= 0.6 is 0 Å². The molecular formula is C5H6OV. The maximum absolute atomic E-state index is 8.56. The van der Waals surface area contributed by atoms with Gasteiger partial charge in [-0.1, -0.05) is 24.3 Å². The molecule has 0 aromatic carbocycles. The zero-order valence-electron chi connectivity index (χ0n) is 3.78. The molecule has 0 aromatic rings. The summed E-state index contributed by atoms with van der Waals surface area (Å²) >= 11 is 0. The summed E-state index contributed by atoms with van der Waals surface area (Å²) in [6, 6.07) is 0. The summed E-state index contributed by atoms with van der Waals surface area (Å²) in [5.41, 5.74) is 0. The fourth-order valence-electron chi connectivity index (χ4n) is 0.420. The van der Waals surface area contributed by atoms with Crippen LogP contribution < -0.4 is 0 Å². The van der Waals surface area contributed by atoms with Crippen LogP contribution in [-0.2, 0) is 18.6 Å². The number of allylic oxidation sites excluding steroid dienone is 2. The molecule has 1 rings (SSSR count). The van der Waals surface area contributed by atoms with Gasteiger partial charge in [0.25, 0.3) is 0 Å². The van der Waals surface area contributed by atoms with E-state index < -0.39 is 0 Å². The first-order chi connectivity index (χ1) is 2.89. The normalized spacial score (nSPS) is 17.3. The van der Waals surface area contributed by atoms with Crippen molar-refractivity contribution in [2.75, 3.05) is 0 Å². The van der Waals surface area contributed by atoms with Crippen LogP contribution in [0.3, 0.4) is 0 Å². The molecule has 0 aromatic heterocycles. The summed E-state index contributed by atoms with van der Waals surface area (Å²) in [7, 11) is 0. The third kappa shape index (κ3) is 1.98. The van der Waals surface area contributed by atoms with Gasteiger partial charge in [0.1, 0.15) is 0 Å². The van der Waals surface area contributed by atoms with Gasteiger partial charge < -0.3 is 5.11 Å². The summed E-state index contributed by atoms with van der Waals surface area (Å²) < 4.78 is 0. The molecule has 7 heavy (non-hydrogen) atoms. The first-order valence-electron chi connectivity index (χ1n) is 1.92. The van der Waals surface area contributed by atoms with E-state index in [9.17, 15) is 0 Å². The summed E-state index contributed by atoms with van der Waals surface area (Å²) in [5.74, 6) is 0. The van der Waals surface area contributed by atoms with Gasteiger partial charge in [-0.15, -0.1) is 0 Å². The molecule has 0 saturated heterocycles. The summed E-state index contributed by atoms with van der Waals surface area (Å²) in [6.45, 7) is 0. The minimum Gasteiger partial charge on any atom is -0.385 e. The first kappa shape index (κ1) is 7.02. The number of hydrogen-bond acceptors (Lipinski definition) is 1. The Morgan fingerprint density at radius 2 is 1.57 bits per heavy atom. The first-order valence-corrected chi connectivity index (χ1v) is 1.92. The van der Waals surface area contributed by atoms with E-state index in [0.29, 0.717) is 0 Å². The van der Waals surface area contributed by atoms with Gasteiger partial charge in [-0.25, -0.2) is 0 Å². The molecule has 0 unspecified atom stereocenters. The number of hydrogen-bond donors (Lipinski definition) is 1. The Morgan fingerprint density at radius 1 is 1.14 bits per heavy atom. The molecule has 37 valence electrons. The third-order valence-electron chi connectivity index (χ3n) is 0.728. The zero-order chi connectivity index (χ0) is 4.41. The largest absolute Gasteiger partial charge is 0.385 e. The van der Waals surface area contributed by atoms with E-state index >= 15 is 0 Å². The van der Waals surface area contributed by atoms with Gasteiger partial charge in [0, 0.05) is 18.6 Å². The Hall–Kier alpha value is 0.0244. The molecule has 0 bridgehead atoms. The average molecular weight is 133 g/mol. The molecule has 0 aliphatic heterocycles. The molecule has 0 spiro atoms. The van der Waals surface area contributed by atoms with Crippen molar-refractivity contribution in [3.05, 3.63) is 24.3 Å². The quantitative estimate of drug-likeness (QED) is 0.509. The van der Waals surface area contributed by atoms with Gasteiger partial charge in [-0.3, -0.25) is 0 Å². The molecule has 1 aliphatic rings. The molecule has 1 nitrogen and oxygen atoms in total. The molecular weight excluding hydrogens is 127 g/mol. The molecule has 1 aliphatic carbocycles. The van der Waals surface area contributed by atoms with Gasteiger partial charge >= 0.3 is 0 Å². The third-order valence-corrected chi connectivity index (χ3v) is 0.728. The predicted molar refractivity (Wildman–Crippen MR) is 24.3 cm³/mol. The Kier molecular flexibility index (Phi) is 3.09. The fourth-order valence-corrected chi connectivity index (χ4v) is 0.420. The summed E-state index contributed by atoms with van der Waals surface area (Å²) in [4.78, 5) is 0. The van der Waals surface area contributed by atoms with Gasteiger partial charge in [0.2, 0.25) is 0 Å². The molecule has 0 heterocycles. The van der Waals surface area contributed by atoms with Crippen molar-refractivity contribution in [1.29, 1.82) is 0 Å². The molecule has 1 N–H and O–H groups in total. The SMILES string of the molecule is OC1C=CC=C1.[V]. The Labute approximate surface area is 54.6 Å². The van der Waals surface area contributed by atoms with Gasteiger partial charge in [0.05, 0.1) is 6.10 Å². The maximum Gasteiger partial charge on any atom is 0.0908 e. The molecule has 0 amide bonds. The van der Waals surface area contributed by atoms with Crippen LogP contribution in [-0.4, -0.2) is 11.2 Å². The zero-order valence-corrected chi connectivity index (χ0v) is 5.18. The second-order valence-electron chi connectivity index (χ2n) is 1.26. The smallest absolute Gasteiger partial charge is 0.0908 e. The standard InChI is InChI=1S/C5H6O.V/c6-5-3-1-2-4-5;/h1-6H;. The molecule has 0 atom stereocenters. The Morgan fingerprint density at radius 3 is 1.71 bits per heavy atom. The van der Waals surface area contributed by atoms with E-state index in [1.807, 2.05) is 12.2 Å². The van der Waals surface area contributed by atoms with Crippen LogP contribution in [0.4, 0.5) is 0 Å². The predicted octanol–water partition coefficient (Wildman–Crippen LogP) is 0.471. The van der Waals surface area contributed by atoms with E-state index in [0.717, 1.165) is 0 Å². The van der Waals surface area contributed by atoms with Crippen molar-refractivity contribution >= 4 is 0 Å².